The minimum atomic E-state index is 0.606. The van der Waals surface area contributed by atoms with Crippen LogP contribution in [0.2, 0.25) is 0 Å². The molecule has 2 bridgehead atoms. The van der Waals surface area contributed by atoms with Crippen molar-refractivity contribution in [3.63, 3.8) is 0 Å². The third-order valence-electron chi connectivity index (χ3n) is 8.52. The van der Waals surface area contributed by atoms with Gasteiger partial charge in [-0.05, 0) is 52.3 Å². The van der Waals surface area contributed by atoms with E-state index in [1.54, 1.807) is 12.8 Å². The van der Waals surface area contributed by atoms with Crippen LogP contribution < -0.4 is 0 Å². The highest BCUT2D eigenvalue weighted by molar-refractivity contribution is 5.45. The van der Waals surface area contributed by atoms with Crippen LogP contribution in [0.15, 0.2) is 0 Å². The lowest BCUT2D eigenvalue weighted by Gasteiger charge is -2.93. The van der Waals surface area contributed by atoms with Gasteiger partial charge in [-0.3, -0.25) is 0 Å². The van der Waals surface area contributed by atoms with Crippen LogP contribution in [0.3, 0.4) is 0 Å². The van der Waals surface area contributed by atoms with E-state index in [9.17, 15) is 0 Å². The van der Waals surface area contributed by atoms with Gasteiger partial charge in [0, 0.05) is 0 Å². The largest absolute Gasteiger partial charge is 0.0617 e. The highest BCUT2D eigenvalue weighted by Crippen LogP contribution is 3.03. The van der Waals surface area contributed by atoms with Gasteiger partial charge in [-0.1, -0.05) is 34.6 Å². The first kappa shape index (κ1) is 8.19. The Balaban J connectivity index is 1.98. The zero-order chi connectivity index (χ0) is 10.1. The lowest BCUT2D eigenvalue weighted by Crippen LogP contribution is -2.89. The monoisotopic (exact) mass is 190 g/mol. The maximum atomic E-state index is 2.61. The predicted molar refractivity (Wildman–Crippen MR) is 57.8 cm³/mol. The molecule has 6 unspecified atom stereocenters. The van der Waals surface area contributed by atoms with E-state index in [0.717, 1.165) is 28.6 Å². The third kappa shape index (κ3) is 0.323. The molecule has 14 heavy (non-hydrogen) atoms. The first-order valence-electron chi connectivity index (χ1n) is 6.36. The molecule has 0 aromatic rings. The van der Waals surface area contributed by atoms with Gasteiger partial charge in [0.2, 0.25) is 0 Å². The molecule has 0 N–H and O–H groups in total. The van der Waals surface area contributed by atoms with Crippen LogP contribution in [0.5, 0.6) is 0 Å². The standard InChI is InChI=1S/C14H22/c1-8-10-6-9-7-14(10)12(8,4)11(2,3)13(9,14)5/h8-10H,6-7H2,1-5H3. The van der Waals surface area contributed by atoms with Crippen molar-refractivity contribution in [3.8, 4) is 0 Å². The molecule has 0 heterocycles. The average Bonchev–Trinajstić information content (AvgIpc) is 2.61. The zero-order valence-corrected chi connectivity index (χ0v) is 10.1. The van der Waals surface area contributed by atoms with Crippen molar-refractivity contribution >= 4 is 0 Å². The molecule has 6 atom stereocenters. The summed E-state index contributed by atoms with van der Waals surface area (Å²) in [7, 11) is 0. The molecular formula is C14H22. The maximum absolute atomic E-state index is 2.61. The van der Waals surface area contributed by atoms with E-state index in [2.05, 4.69) is 34.6 Å². The van der Waals surface area contributed by atoms with Crippen molar-refractivity contribution in [2.45, 2.75) is 47.5 Å². The fraction of sp³-hybridized carbons (Fsp3) is 1.00. The smallest absolute Gasteiger partial charge is 0.0140 e. The molecule has 5 saturated carbocycles. The highest BCUT2D eigenvalue weighted by atomic mass is 15.0. The van der Waals surface area contributed by atoms with E-state index in [4.69, 9.17) is 0 Å². The molecule has 5 rings (SSSR count). The molecule has 5 fully saturated rings. The Kier molecular flexibility index (Phi) is 0.894. The van der Waals surface area contributed by atoms with Crippen LogP contribution in [0.4, 0.5) is 0 Å². The Labute approximate surface area is 87.5 Å². The van der Waals surface area contributed by atoms with E-state index < -0.39 is 0 Å². The van der Waals surface area contributed by atoms with Gasteiger partial charge in [0.1, 0.15) is 0 Å². The van der Waals surface area contributed by atoms with Crippen molar-refractivity contribution in [1.29, 1.82) is 0 Å². The molecule has 1 spiro atoms. The summed E-state index contributed by atoms with van der Waals surface area (Å²) in [6, 6.07) is 0. The van der Waals surface area contributed by atoms with Gasteiger partial charge in [-0.25, -0.2) is 0 Å². The van der Waals surface area contributed by atoms with Gasteiger partial charge in [0.05, 0.1) is 0 Å². The van der Waals surface area contributed by atoms with Crippen LogP contribution in [0.25, 0.3) is 0 Å². The molecular weight excluding hydrogens is 168 g/mol. The molecule has 0 aromatic heterocycles. The Morgan fingerprint density at radius 1 is 1.00 bits per heavy atom. The van der Waals surface area contributed by atoms with Crippen molar-refractivity contribution in [3.05, 3.63) is 0 Å². The van der Waals surface area contributed by atoms with E-state index in [-0.39, 0.29) is 0 Å². The summed E-state index contributed by atoms with van der Waals surface area (Å²) in [5.74, 6) is 3.19. The number of hydrogen-bond acceptors (Lipinski definition) is 0. The van der Waals surface area contributed by atoms with E-state index in [1.807, 2.05) is 0 Å². The Hall–Kier alpha value is 0. The Bertz CT molecular complexity index is 353. The van der Waals surface area contributed by atoms with Gasteiger partial charge in [-0.15, -0.1) is 0 Å². The van der Waals surface area contributed by atoms with Crippen LogP contribution in [0, 0.1) is 39.4 Å². The predicted octanol–water partition coefficient (Wildman–Crippen LogP) is 3.71. The third-order valence-corrected chi connectivity index (χ3v) is 8.52. The molecule has 0 aromatic carbocycles. The molecule has 0 radical (unpaired) electrons. The van der Waals surface area contributed by atoms with Gasteiger partial charge in [-0.2, -0.15) is 0 Å². The summed E-state index contributed by atoms with van der Waals surface area (Å²) in [5.41, 5.74) is 2.83. The summed E-state index contributed by atoms with van der Waals surface area (Å²) in [4.78, 5) is 0. The lowest BCUT2D eigenvalue weighted by atomic mass is 9.11. The fourth-order valence-corrected chi connectivity index (χ4v) is 7.55. The normalized spacial score (nSPS) is 75.6. The molecule has 0 amide bonds. The van der Waals surface area contributed by atoms with E-state index >= 15 is 0 Å². The summed E-state index contributed by atoms with van der Waals surface area (Å²) >= 11 is 0. The second-order valence-corrected chi connectivity index (χ2v) is 7.53. The average molecular weight is 190 g/mol. The minimum Gasteiger partial charge on any atom is -0.0617 e. The molecule has 78 valence electrons. The Morgan fingerprint density at radius 2 is 1.64 bits per heavy atom. The number of hydrogen-bond donors (Lipinski definition) is 0. The van der Waals surface area contributed by atoms with E-state index in [1.165, 1.54) is 0 Å². The summed E-state index contributed by atoms with van der Waals surface area (Å²) in [6.07, 6.45) is 3.15. The van der Waals surface area contributed by atoms with Crippen molar-refractivity contribution in [2.75, 3.05) is 0 Å². The molecule has 5 aliphatic carbocycles. The van der Waals surface area contributed by atoms with Crippen molar-refractivity contribution in [1.82, 2.24) is 0 Å². The van der Waals surface area contributed by atoms with Crippen LogP contribution in [0.1, 0.15) is 47.5 Å². The minimum absolute atomic E-state index is 0.606. The topological polar surface area (TPSA) is 0 Å². The van der Waals surface area contributed by atoms with Gasteiger partial charge >= 0.3 is 0 Å². The quantitative estimate of drug-likeness (QED) is 0.546. The highest BCUT2D eigenvalue weighted by Gasteiger charge is 2.98. The molecule has 0 heteroatoms. The summed E-state index contributed by atoms with van der Waals surface area (Å²) in [5, 5.41) is 0. The Morgan fingerprint density at radius 3 is 2.29 bits per heavy atom. The molecule has 0 nitrogen and oxygen atoms in total. The van der Waals surface area contributed by atoms with Crippen LogP contribution in [-0.2, 0) is 0 Å². The first-order chi connectivity index (χ1) is 6.36. The van der Waals surface area contributed by atoms with E-state index in [0.29, 0.717) is 10.8 Å². The maximum Gasteiger partial charge on any atom is -0.0140 e. The lowest BCUT2D eigenvalue weighted by molar-refractivity contribution is -0.462. The molecule has 5 aliphatic rings. The van der Waals surface area contributed by atoms with Gasteiger partial charge in [0.25, 0.3) is 0 Å². The number of rotatable bonds is 0. The van der Waals surface area contributed by atoms with Gasteiger partial charge < -0.3 is 0 Å². The SMILES string of the molecule is CC1C2CC3CC24C3(C)C(C)(C)C14C. The summed E-state index contributed by atoms with van der Waals surface area (Å²) < 4.78 is 0. The molecule has 0 aliphatic heterocycles. The zero-order valence-electron chi connectivity index (χ0n) is 10.1. The van der Waals surface area contributed by atoms with Crippen LogP contribution in [-0.4, -0.2) is 0 Å². The van der Waals surface area contributed by atoms with Crippen molar-refractivity contribution < 1.29 is 0 Å². The van der Waals surface area contributed by atoms with Crippen molar-refractivity contribution in [2.24, 2.45) is 39.4 Å². The summed E-state index contributed by atoms with van der Waals surface area (Å²) in [6.45, 7) is 12.8. The van der Waals surface area contributed by atoms with Gasteiger partial charge in [0.15, 0.2) is 0 Å². The second kappa shape index (κ2) is 1.53. The first-order valence-corrected chi connectivity index (χ1v) is 6.36. The molecule has 0 saturated heterocycles. The fourth-order valence-electron chi connectivity index (χ4n) is 7.55. The second-order valence-electron chi connectivity index (χ2n) is 7.53. The van der Waals surface area contributed by atoms with Crippen LogP contribution >= 0.6 is 0 Å².